The molecule has 1 aromatic carbocycles. The zero-order valence-electron chi connectivity index (χ0n) is 9.65. The number of carboxylic acids is 1. The normalized spacial score (nSPS) is 12.3. The van der Waals surface area contributed by atoms with Crippen molar-refractivity contribution in [2.45, 2.75) is 12.5 Å². The summed E-state index contributed by atoms with van der Waals surface area (Å²) >= 11 is 0. The number of nitrogens with two attached hydrogens (primary N) is 1. The Morgan fingerprint density at radius 1 is 1.33 bits per heavy atom. The summed E-state index contributed by atoms with van der Waals surface area (Å²) in [5.41, 5.74) is 6.78. The minimum Gasteiger partial charge on any atom is -0.506 e. The fraction of sp³-hybridized carbons (Fsp3) is 0.154. The van der Waals surface area contributed by atoms with E-state index in [-0.39, 0.29) is 12.2 Å². The molecule has 18 heavy (non-hydrogen) atoms. The first kappa shape index (κ1) is 12.2. The summed E-state index contributed by atoms with van der Waals surface area (Å²) in [6.07, 6.45) is 3.82. The maximum absolute atomic E-state index is 10.7. The number of aliphatic carboxylic acids is 1. The highest BCUT2D eigenvalue weighted by molar-refractivity contribution is 5.73. The van der Waals surface area contributed by atoms with Crippen molar-refractivity contribution in [3.63, 3.8) is 0 Å². The highest BCUT2D eigenvalue weighted by Crippen LogP contribution is 2.23. The molecule has 0 saturated carbocycles. The Kier molecular flexibility index (Phi) is 3.34. The van der Waals surface area contributed by atoms with Gasteiger partial charge in [0.2, 0.25) is 0 Å². The molecule has 0 unspecified atom stereocenters. The second kappa shape index (κ2) is 4.93. The lowest BCUT2D eigenvalue weighted by Gasteiger charge is -2.10. The number of benzene rings is 1. The molecule has 94 valence electrons. The molecule has 5 nitrogen and oxygen atoms in total. The van der Waals surface area contributed by atoms with Crippen LogP contribution < -0.4 is 5.73 Å². The average molecular weight is 246 g/mol. The molecular formula is C13H14N2O3. The predicted octanol–water partition coefficient (Wildman–Crippen LogP) is 1.14. The summed E-state index contributed by atoms with van der Waals surface area (Å²) in [4.78, 5) is 10.7. The van der Waals surface area contributed by atoms with Crippen molar-refractivity contribution < 1.29 is 15.0 Å². The largest absolute Gasteiger partial charge is 0.506 e. The minimum absolute atomic E-state index is 0.0984. The fourth-order valence-corrected chi connectivity index (χ4v) is 1.75. The van der Waals surface area contributed by atoms with Crippen LogP contribution in [-0.4, -0.2) is 26.8 Å². The first-order valence-corrected chi connectivity index (χ1v) is 5.51. The maximum atomic E-state index is 10.7. The summed E-state index contributed by atoms with van der Waals surface area (Å²) in [5.74, 6) is -0.953. The van der Waals surface area contributed by atoms with Gasteiger partial charge >= 0.3 is 5.97 Å². The van der Waals surface area contributed by atoms with Gasteiger partial charge in [0.15, 0.2) is 0 Å². The van der Waals surface area contributed by atoms with Crippen LogP contribution in [0.15, 0.2) is 42.7 Å². The lowest BCUT2D eigenvalue weighted by molar-refractivity contribution is -0.138. The van der Waals surface area contributed by atoms with Gasteiger partial charge in [0.1, 0.15) is 11.8 Å². The number of carbonyl (C=O) groups is 1. The summed E-state index contributed by atoms with van der Waals surface area (Å²) < 4.78 is 1.77. The number of rotatable bonds is 4. The van der Waals surface area contributed by atoms with E-state index in [0.29, 0.717) is 11.3 Å². The Balaban J connectivity index is 2.23. The predicted molar refractivity (Wildman–Crippen MR) is 66.7 cm³/mol. The van der Waals surface area contributed by atoms with Gasteiger partial charge in [-0.2, -0.15) is 0 Å². The van der Waals surface area contributed by atoms with Crippen molar-refractivity contribution in [1.82, 2.24) is 4.57 Å². The standard InChI is InChI=1S/C13H14N2O3/c14-10(13(17)18)7-9-3-4-11(12(16)8-9)15-5-1-2-6-15/h1-6,8,10,16H,7,14H2,(H,17,18)/t10-/m0/s1. The van der Waals surface area contributed by atoms with Gasteiger partial charge in [-0.25, -0.2) is 0 Å². The van der Waals surface area contributed by atoms with Crippen molar-refractivity contribution in [3.05, 3.63) is 48.3 Å². The fourth-order valence-electron chi connectivity index (χ4n) is 1.75. The van der Waals surface area contributed by atoms with Crippen LogP contribution in [0.2, 0.25) is 0 Å². The highest BCUT2D eigenvalue weighted by Gasteiger charge is 2.13. The minimum atomic E-state index is -1.05. The SMILES string of the molecule is N[C@@H](Cc1ccc(-n2cccc2)c(O)c1)C(=O)O. The van der Waals surface area contributed by atoms with Crippen LogP contribution in [0.4, 0.5) is 0 Å². The van der Waals surface area contributed by atoms with Gasteiger partial charge < -0.3 is 20.5 Å². The first-order chi connectivity index (χ1) is 8.58. The Hall–Kier alpha value is -2.27. The topological polar surface area (TPSA) is 88.5 Å². The second-order valence-electron chi connectivity index (χ2n) is 4.06. The third kappa shape index (κ3) is 2.52. The molecule has 0 spiro atoms. The van der Waals surface area contributed by atoms with Crippen molar-refractivity contribution in [2.24, 2.45) is 5.73 Å². The van der Waals surface area contributed by atoms with Crippen LogP contribution in [-0.2, 0) is 11.2 Å². The zero-order chi connectivity index (χ0) is 13.1. The first-order valence-electron chi connectivity index (χ1n) is 5.51. The molecule has 1 heterocycles. The molecule has 5 heteroatoms. The molecule has 0 bridgehead atoms. The molecule has 0 aliphatic heterocycles. The lowest BCUT2D eigenvalue weighted by atomic mass is 10.1. The number of phenols is 1. The quantitative estimate of drug-likeness (QED) is 0.754. The lowest BCUT2D eigenvalue weighted by Crippen LogP contribution is -2.32. The summed E-state index contributed by atoms with van der Waals surface area (Å²) in [7, 11) is 0. The number of aromatic nitrogens is 1. The van der Waals surface area contributed by atoms with Crippen molar-refractivity contribution in [1.29, 1.82) is 0 Å². The third-order valence-electron chi connectivity index (χ3n) is 2.70. The van der Waals surface area contributed by atoms with E-state index in [1.807, 2.05) is 24.5 Å². The summed E-state index contributed by atoms with van der Waals surface area (Å²) in [5, 5.41) is 18.6. The van der Waals surface area contributed by atoms with Crippen LogP contribution in [0.3, 0.4) is 0 Å². The molecule has 0 amide bonds. The Morgan fingerprint density at radius 2 is 2.00 bits per heavy atom. The van der Waals surface area contributed by atoms with E-state index in [1.165, 1.54) is 6.07 Å². The molecule has 0 fully saturated rings. The van der Waals surface area contributed by atoms with Crippen LogP contribution in [0.5, 0.6) is 5.75 Å². The number of carboxylic acid groups (broad SMARTS) is 1. The zero-order valence-corrected chi connectivity index (χ0v) is 9.65. The second-order valence-corrected chi connectivity index (χ2v) is 4.06. The number of hydrogen-bond acceptors (Lipinski definition) is 3. The molecule has 4 N–H and O–H groups in total. The van der Waals surface area contributed by atoms with Gasteiger partial charge in [0.25, 0.3) is 0 Å². The van der Waals surface area contributed by atoms with E-state index >= 15 is 0 Å². The summed E-state index contributed by atoms with van der Waals surface area (Å²) in [6, 6.07) is 7.79. The third-order valence-corrected chi connectivity index (χ3v) is 2.70. The Morgan fingerprint density at radius 3 is 2.56 bits per heavy atom. The van der Waals surface area contributed by atoms with Crippen molar-refractivity contribution in [2.75, 3.05) is 0 Å². The molecule has 0 aliphatic rings. The van der Waals surface area contributed by atoms with E-state index < -0.39 is 12.0 Å². The van der Waals surface area contributed by atoms with Crippen molar-refractivity contribution >= 4 is 5.97 Å². The molecule has 0 aliphatic carbocycles. The molecule has 2 rings (SSSR count). The Bertz CT molecular complexity index is 549. The molecule has 2 aromatic rings. The smallest absolute Gasteiger partial charge is 0.320 e. The molecule has 0 radical (unpaired) electrons. The van der Waals surface area contributed by atoms with Gasteiger partial charge in [-0.3, -0.25) is 4.79 Å². The van der Waals surface area contributed by atoms with E-state index in [0.717, 1.165) is 0 Å². The van der Waals surface area contributed by atoms with Crippen LogP contribution in [0.1, 0.15) is 5.56 Å². The van der Waals surface area contributed by atoms with Gasteiger partial charge in [0, 0.05) is 12.4 Å². The van der Waals surface area contributed by atoms with Gasteiger partial charge in [-0.05, 0) is 36.2 Å². The number of nitrogens with zero attached hydrogens (tertiary/aromatic N) is 1. The summed E-state index contributed by atoms with van der Waals surface area (Å²) in [6.45, 7) is 0. The number of phenolic OH excluding ortho intramolecular Hbond substituents is 1. The van der Waals surface area contributed by atoms with Crippen LogP contribution in [0.25, 0.3) is 5.69 Å². The molecule has 0 saturated heterocycles. The van der Waals surface area contributed by atoms with Crippen LogP contribution in [0, 0.1) is 0 Å². The monoisotopic (exact) mass is 246 g/mol. The van der Waals surface area contributed by atoms with E-state index in [4.69, 9.17) is 10.8 Å². The number of aromatic hydroxyl groups is 1. The molecular weight excluding hydrogens is 232 g/mol. The van der Waals surface area contributed by atoms with Gasteiger partial charge in [0.05, 0.1) is 5.69 Å². The molecule has 1 atom stereocenters. The van der Waals surface area contributed by atoms with Crippen LogP contribution >= 0.6 is 0 Å². The van der Waals surface area contributed by atoms with E-state index in [1.54, 1.807) is 16.7 Å². The van der Waals surface area contributed by atoms with E-state index in [2.05, 4.69) is 0 Å². The maximum Gasteiger partial charge on any atom is 0.320 e. The number of hydrogen-bond donors (Lipinski definition) is 3. The van der Waals surface area contributed by atoms with E-state index in [9.17, 15) is 9.90 Å². The highest BCUT2D eigenvalue weighted by atomic mass is 16.4. The Labute approximate surface area is 104 Å². The van der Waals surface area contributed by atoms with Crippen molar-refractivity contribution in [3.8, 4) is 11.4 Å². The average Bonchev–Trinajstić information content (AvgIpc) is 2.82. The molecule has 1 aromatic heterocycles. The van der Waals surface area contributed by atoms with Gasteiger partial charge in [-0.15, -0.1) is 0 Å². The van der Waals surface area contributed by atoms with Gasteiger partial charge in [-0.1, -0.05) is 6.07 Å².